The van der Waals surface area contributed by atoms with Gasteiger partial charge in [0.25, 0.3) is 0 Å². The summed E-state index contributed by atoms with van der Waals surface area (Å²) in [4.78, 5) is 16.0. The summed E-state index contributed by atoms with van der Waals surface area (Å²) in [7, 11) is 0. The van der Waals surface area contributed by atoms with Gasteiger partial charge in [0.2, 0.25) is 5.96 Å². The summed E-state index contributed by atoms with van der Waals surface area (Å²) in [6.45, 7) is 4.37. The Kier molecular flexibility index (Phi) is 12.5. The second-order valence-corrected chi connectivity index (χ2v) is 12.5. The lowest BCUT2D eigenvalue weighted by Crippen LogP contribution is -2.26. The molecule has 46 heavy (non-hydrogen) atoms. The minimum Gasteiger partial charge on any atom is -0.387 e. The molecule has 9 nitrogen and oxygen atoms in total. The number of nitriles is 1. The Morgan fingerprint density at radius 1 is 1.09 bits per heavy atom. The van der Waals surface area contributed by atoms with Crippen LogP contribution in [-0.4, -0.2) is 40.7 Å². The summed E-state index contributed by atoms with van der Waals surface area (Å²) < 4.78 is 0. The molecule has 0 fully saturated rings. The second kappa shape index (κ2) is 17.4. The van der Waals surface area contributed by atoms with E-state index in [9.17, 15) is 10.4 Å². The van der Waals surface area contributed by atoms with Gasteiger partial charge in [-0.1, -0.05) is 57.2 Å². The molecule has 2 aromatic carbocycles. The molecule has 0 radical (unpaired) electrons. The zero-order valence-corrected chi connectivity index (χ0v) is 27.4. The molecule has 0 aliphatic carbocycles. The maximum absolute atomic E-state index is 10.3. The summed E-state index contributed by atoms with van der Waals surface area (Å²) >= 11 is 1.73. The Balaban J connectivity index is 1.12. The van der Waals surface area contributed by atoms with Crippen LogP contribution in [0.5, 0.6) is 0 Å². The van der Waals surface area contributed by atoms with E-state index in [0.717, 1.165) is 60.0 Å². The lowest BCUT2D eigenvalue weighted by molar-refractivity contribution is 0.174. The number of aliphatic imine (C=N–C) groups is 1. The van der Waals surface area contributed by atoms with E-state index in [2.05, 4.69) is 55.3 Å². The molecule has 1 aliphatic heterocycles. The number of aliphatic hydroxyl groups excluding tert-OH is 1. The lowest BCUT2D eigenvalue weighted by atomic mass is 10.1. The van der Waals surface area contributed by atoms with Crippen molar-refractivity contribution in [2.45, 2.75) is 70.8 Å². The lowest BCUT2D eigenvalue weighted by Gasteiger charge is -2.16. The number of nitrogens with one attached hydrogen (secondary N) is 3. The molecule has 0 saturated carbocycles. The molecule has 1 atom stereocenters. The molecule has 0 spiro atoms. The number of anilines is 3. The molecule has 4 N–H and O–H groups in total. The van der Waals surface area contributed by atoms with E-state index in [1.165, 1.54) is 55.5 Å². The minimum absolute atomic E-state index is 0.371. The number of hydrogen-bond donors (Lipinski definition) is 4. The average molecular weight is 637 g/mol. The fourth-order valence-corrected chi connectivity index (χ4v) is 6.50. The number of benzene rings is 2. The van der Waals surface area contributed by atoms with Crippen LogP contribution in [0.2, 0.25) is 0 Å². The van der Waals surface area contributed by atoms with Crippen LogP contribution in [0.4, 0.5) is 22.2 Å². The number of pyridine rings is 1. The third kappa shape index (κ3) is 9.60. The summed E-state index contributed by atoms with van der Waals surface area (Å²) in [5, 5.41) is 32.2. The molecule has 2 aromatic heterocycles. The monoisotopic (exact) mass is 636 g/mol. The van der Waals surface area contributed by atoms with Crippen molar-refractivity contribution in [1.82, 2.24) is 20.6 Å². The highest BCUT2D eigenvalue weighted by Gasteiger charge is 2.23. The van der Waals surface area contributed by atoms with Gasteiger partial charge in [0.05, 0.1) is 17.5 Å². The molecule has 0 unspecified atom stereocenters. The number of nitrogens with zero attached hydrogens (tertiary/aromatic N) is 5. The quantitative estimate of drug-likeness (QED) is 0.0336. The molecule has 10 heteroatoms. The summed E-state index contributed by atoms with van der Waals surface area (Å²) in [5.41, 5.74) is 7.21. The van der Waals surface area contributed by atoms with E-state index in [0.29, 0.717) is 12.5 Å². The van der Waals surface area contributed by atoms with E-state index in [1.807, 2.05) is 48.7 Å². The van der Waals surface area contributed by atoms with Crippen LogP contribution >= 0.6 is 11.3 Å². The number of fused-ring (bicyclic) bond motifs is 1. The van der Waals surface area contributed by atoms with Crippen LogP contribution in [0.15, 0.2) is 77.4 Å². The predicted molar refractivity (Wildman–Crippen MR) is 188 cm³/mol. The highest BCUT2D eigenvalue weighted by Crippen LogP contribution is 2.37. The number of hydrogen-bond acceptors (Lipinski definition) is 8. The Bertz CT molecular complexity index is 1580. The van der Waals surface area contributed by atoms with Crippen molar-refractivity contribution in [2.75, 3.05) is 29.9 Å². The first kappa shape index (κ1) is 33.1. The first-order chi connectivity index (χ1) is 22.6. The number of thiazole rings is 1. The van der Waals surface area contributed by atoms with Crippen molar-refractivity contribution in [3.8, 4) is 6.19 Å². The fraction of sp³-hybridized carbons (Fsp3) is 0.389. The van der Waals surface area contributed by atoms with Crippen molar-refractivity contribution >= 4 is 39.5 Å². The van der Waals surface area contributed by atoms with Gasteiger partial charge in [-0.25, -0.2) is 9.98 Å². The van der Waals surface area contributed by atoms with Gasteiger partial charge in [0, 0.05) is 47.8 Å². The largest absolute Gasteiger partial charge is 0.387 e. The van der Waals surface area contributed by atoms with Crippen LogP contribution in [0.3, 0.4) is 0 Å². The molecule has 5 rings (SSSR count). The molecule has 3 heterocycles. The van der Waals surface area contributed by atoms with Crippen molar-refractivity contribution in [3.63, 3.8) is 0 Å². The normalized spacial score (nSPS) is 13.3. The van der Waals surface area contributed by atoms with Gasteiger partial charge in [-0.15, -0.1) is 11.3 Å². The topological polar surface area (TPSA) is 121 Å². The predicted octanol–water partition coefficient (Wildman–Crippen LogP) is 7.17. The molecule has 0 amide bonds. The molecule has 240 valence electrons. The third-order valence-corrected chi connectivity index (χ3v) is 9.06. The van der Waals surface area contributed by atoms with Gasteiger partial charge in [-0.05, 0) is 79.8 Å². The van der Waals surface area contributed by atoms with E-state index >= 15 is 0 Å². The van der Waals surface area contributed by atoms with Crippen molar-refractivity contribution in [1.29, 1.82) is 5.26 Å². The summed E-state index contributed by atoms with van der Waals surface area (Å²) in [6.07, 6.45) is 15.4. The Hall–Kier alpha value is -4.30. The van der Waals surface area contributed by atoms with Gasteiger partial charge in [0.1, 0.15) is 0 Å². The van der Waals surface area contributed by atoms with Gasteiger partial charge in [-0.3, -0.25) is 10.3 Å². The molecule has 0 saturated heterocycles. The minimum atomic E-state index is -0.584. The summed E-state index contributed by atoms with van der Waals surface area (Å²) in [6, 6.07) is 17.9. The van der Waals surface area contributed by atoms with Gasteiger partial charge in [-0.2, -0.15) is 5.26 Å². The van der Waals surface area contributed by atoms with Crippen LogP contribution in [0.1, 0.15) is 73.9 Å². The number of aliphatic hydroxyl groups is 1. The van der Waals surface area contributed by atoms with Crippen LogP contribution < -0.4 is 20.9 Å². The maximum Gasteiger partial charge on any atom is 0.214 e. The Labute approximate surface area is 276 Å². The number of rotatable bonds is 16. The first-order valence-corrected chi connectivity index (χ1v) is 17.2. The second-order valence-electron chi connectivity index (χ2n) is 11.6. The molecule has 1 aliphatic rings. The maximum atomic E-state index is 10.3. The smallest absolute Gasteiger partial charge is 0.214 e. The number of aryl methyl sites for hydroxylation is 1. The van der Waals surface area contributed by atoms with Gasteiger partial charge in [0.15, 0.2) is 11.3 Å². The van der Waals surface area contributed by atoms with Crippen molar-refractivity contribution in [3.05, 3.63) is 94.8 Å². The molecular formula is C36H44N8OS. The zero-order valence-electron chi connectivity index (χ0n) is 26.6. The fourth-order valence-electron chi connectivity index (χ4n) is 5.61. The number of guanidine groups is 1. The average Bonchev–Trinajstić information content (AvgIpc) is 3.73. The summed E-state index contributed by atoms with van der Waals surface area (Å²) in [5.74, 6) is 0.371. The standard InChI is InChI=1S/C36H44N8OS/c1-2-3-4-5-6-7-10-32-25-46-36(43-32)44-21-18-28-22-31(15-16-33(28)44)42-35(40-26-37)41-30-13-11-27(12-14-30)17-20-39-24-34(45)29-9-8-19-38-23-29/h8-9,11-16,19,22-23,25,34,39,45H,2-7,10,17-18,20-21,24H2,1H3,(H2,40,41,42)/t34-/m0/s1. The van der Waals surface area contributed by atoms with E-state index < -0.39 is 6.10 Å². The van der Waals surface area contributed by atoms with Crippen LogP contribution in [0.25, 0.3) is 0 Å². The van der Waals surface area contributed by atoms with E-state index in [-0.39, 0.29) is 0 Å². The molecular weight excluding hydrogens is 593 g/mol. The van der Waals surface area contributed by atoms with Crippen molar-refractivity contribution in [2.24, 2.45) is 4.99 Å². The number of unbranched alkanes of at least 4 members (excludes halogenated alkanes) is 5. The highest BCUT2D eigenvalue weighted by atomic mass is 32.1. The number of aromatic nitrogens is 2. The SMILES string of the molecule is CCCCCCCCc1csc(N2CCc3cc(NC(=Nc4ccc(CCNC[C@H](O)c5cccnc5)cc4)NC#N)ccc32)n1. The Morgan fingerprint density at radius 3 is 2.74 bits per heavy atom. The van der Waals surface area contributed by atoms with E-state index in [1.54, 1.807) is 23.7 Å². The van der Waals surface area contributed by atoms with Crippen molar-refractivity contribution < 1.29 is 5.11 Å². The first-order valence-electron chi connectivity index (χ1n) is 16.4. The van der Waals surface area contributed by atoms with Gasteiger partial charge < -0.3 is 20.6 Å². The molecule has 0 bridgehead atoms. The van der Waals surface area contributed by atoms with E-state index in [4.69, 9.17) is 4.98 Å². The molecule has 4 aromatic rings. The zero-order chi connectivity index (χ0) is 32.0. The van der Waals surface area contributed by atoms with Crippen LogP contribution in [-0.2, 0) is 19.3 Å². The van der Waals surface area contributed by atoms with Gasteiger partial charge >= 0.3 is 0 Å². The highest BCUT2D eigenvalue weighted by molar-refractivity contribution is 7.13. The Morgan fingerprint density at radius 2 is 1.93 bits per heavy atom. The van der Waals surface area contributed by atoms with Crippen LogP contribution in [0, 0.1) is 11.5 Å². The third-order valence-electron chi connectivity index (χ3n) is 8.14.